The molecular formula is C24H29FN4O2S. The van der Waals surface area contributed by atoms with Crippen LogP contribution in [0.5, 0.6) is 0 Å². The van der Waals surface area contributed by atoms with Crippen LogP contribution in [0.4, 0.5) is 10.2 Å². The fourth-order valence-corrected chi connectivity index (χ4v) is 4.75. The molecule has 1 saturated carbocycles. The third-order valence-electron chi connectivity index (χ3n) is 5.83. The van der Waals surface area contributed by atoms with Crippen LogP contribution in [0.2, 0.25) is 0 Å². The van der Waals surface area contributed by atoms with Gasteiger partial charge in [-0.05, 0) is 68.3 Å². The summed E-state index contributed by atoms with van der Waals surface area (Å²) in [4.78, 5) is 9.42. The Morgan fingerprint density at radius 2 is 1.91 bits per heavy atom. The van der Waals surface area contributed by atoms with Gasteiger partial charge in [0.25, 0.3) is 0 Å². The van der Waals surface area contributed by atoms with Gasteiger partial charge in [0.05, 0.1) is 24.1 Å². The fraction of sp³-hybridized carbons (Fsp3) is 0.417. The molecule has 1 fully saturated rings. The SMILES string of the molecule is COCCn1c(SC)nc(-c2ccc(F)cc2)c1-c1ccnc(NC2CCC(O)CC2)c1. The second-order valence-corrected chi connectivity index (χ2v) is 8.80. The highest BCUT2D eigenvalue weighted by atomic mass is 32.2. The van der Waals surface area contributed by atoms with Crippen LogP contribution in [0.15, 0.2) is 47.8 Å². The lowest BCUT2D eigenvalue weighted by Gasteiger charge is -2.26. The third kappa shape index (κ3) is 5.14. The first-order valence-corrected chi connectivity index (χ1v) is 12.1. The van der Waals surface area contributed by atoms with Crippen molar-refractivity contribution in [1.82, 2.24) is 14.5 Å². The molecule has 2 aromatic heterocycles. The topological polar surface area (TPSA) is 72.2 Å². The van der Waals surface area contributed by atoms with E-state index in [-0.39, 0.29) is 11.9 Å². The number of methoxy groups -OCH3 is 1. The first-order chi connectivity index (χ1) is 15.6. The van der Waals surface area contributed by atoms with E-state index in [0.717, 1.165) is 59.2 Å². The van der Waals surface area contributed by atoms with Gasteiger partial charge < -0.3 is 19.7 Å². The molecule has 0 aliphatic heterocycles. The first kappa shape index (κ1) is 22.8. The van der Waals surface area contributed by atoms with Crippen molar-refractivity contribution in [2.24, 2.45) is 0 Å². The summed E-state index contributed by atoms with van der Waals surface area (Å²) in [5.74, 6) is 0.534. The Kier molecular flexibility index (Phi) is 7.44. The molecule has 2 heterocycles. The maximum Gasteiger partial charge on any atom is 0.168 e. The number of benzene rings is 1. The number of anilines is 1. The molecule has 0 amide bonds. The van der Waals surface area contributed by atoms with Gasteiger partial charge in [0.2, 0.25) is 0 Å². The molecule has 8 heteroatoms. The average Bonchev–Trinajstić information content (AvgIpc) is 3.18. The van der Waals surface area contributed by atoms with E-state index in [0.29, 0.717) is 19.2 Å². The monoisotopic (exact) mass is 456 g/mol. The normalized spacial score (nSPS) is 18.6. The van der Waals surface area contributed by atoms with Crippen LogP contribution in [0.25, 0.3) is 22.5 Å². The maximum absolute atomic E-state index is 13.6. The van der Waals surface area contributed by atoms with Crippen molar-refractivity contribution in [3.63, 3.8) is 0 Å². The van der Waals surface area contributed by atoms with E-state index in [1.807, 2.05) is 18.4 Å². The number of ether oxygens (including phenoxy) is 1. The van der Waals surface area contributed by atoms with E-state index in [1.165, 1.54) is 12.1 Å². The highest BCUT2D eigenvalue weighted by Gasteiger charge is 2.22. The van der Waals surface area contributed by atoms with Crippen molar-refractivity contribution in [1.29, 1.82) is 0 Å². The van der Waals surface area contributed by atoms with Crippen molar-refractivity contribution in [3.8, 4) is 22.5 Å². The van der Waals surface area contributed by atoms with Gasteiger partial charge in [0.1, 0.15) is 11.6 Å². The summed E-state index contributed by atoms with van der Waals surface area (Å²) in [6, 6.07) is 10.8. The number of halogens is 1. The quantitative estimate of drug-likeness (QED) is 0.473. The first-order valence-electron chi connectivity index (χ1n) is 10.9. The molecule has 0 radical (unpaired) electrons. The van der Waals surface area contributed by atoms with Gasteiger partial charge in [0.15, 0.2) is 5.16 Å². The summed E-state index contributed by atoms with van der Waals surface area (Å²) in [7, 11) is 1.69. The Bertz CT molecular complexity index is 1030. The second-order valence-electron chi connectivity index (χ2n) is 8.03. The molecule has 6 nitrogen and oxygen atoms in total. The number of aromatic nitrogens is 3. The zero-order valence-electron chi connectivity index (χ0n) is 18.4. The fourth-order valence-electron chi connectivity index (χ4n) is 4.17. The Hall–Kier alpha value is -2.42. The van der Waals surface area contributed by atoms with E-state index >= 15 is 0 Å². The minimum atomic E-state index is -0.271. The van der Waals surface area contributed by atoms with Gasteiger partial charge in [-0.15, -0.1) is 0 Å². The lowest BCUT2D eigenvalue weighted by molar-refractivity contribution is 0.126. The van der Waals surface area contributed by atoms with Gasteiger partial charge in [-0.3, -0.25) is 0 Å². The van der Waals surface area contributed by atoms with Crippen LogP contribution in [-0.2, 0) is 11.3 Å². The molecule has 1 aliphatic carbocycles. The van der Waals surface area contributed by atoms with Crippen molar-refractivity contribution in [2.45, 2.75) is 49.5 Å². The van der Waals surface area contributed by atoms with E-state index in [9.17, 15) is 9.50 Å². The molecule has 0 spiro atoms. The molecule has 0 bridgehead atoms. The molecule has 1 aliphatic rings. The minimum Gasteiger partial charge on any atom is -0.393 e. The van der Waals surface area contributed by atoms with Crippen molar-refractivity contribution < 1.29 is 14.2 Å². The van der Waals surface area contributed by atoms with Crippen LogP contribution in [-0.4, -0.2) is 51.8 Å². The molecule has 1 aromatic carbocycles. The smallest absolute Gasteiger partial charge is 0.168 e. The van der Waals surface area contributed by atoms with Crippen LogP contribution >= 0.6 is 11.8 Å². The van der Waals surface area contributed by atoms with Crippen LogP contribution in [0, 0.1) is 5.82 Å². The maximum atomic E-state index is 13.6. The van der Waals surface area contributed by atoms with Gasteiger partial charge in [-0.2, -0.15) is 0 Å². The Balaban J connectivity index is 1.73. The summed E-state index contributed by atoms with van der Waals surface area (Å²) in [6.07, 6.45) is 7.09. The number of hydrogen-bond acceptors (Lipinski definition) is 6. The number of aliphatic hydroxyl groups is 1. The molecule has 2 N–H and O–H groups in total. The molecule has 4 rings (SSSR count). The summed E-state index contributed by atoms with van der Waals surface area (Å²) < 4.78 is 21.1. The number of thioether (sulfide) groups is 1. The van der Waals surface area contributed by atoms with E-state index in [4.69, 9.17) is 9.72 Å². The highest BCUT2D eigenvalue weighted by Crippen LogP contribution is 2.36. The standard InChI is InChI=1S/C24H29FN4O2S/c1-31-14-13-29-23(22(28-24(29)32-2)16-3-5-18(25)6-4-16)17-11-12-26-21(15-17)27-19-7-9-20(30)10-8-19/h3-6,11-12,15,19-20,30H,7-10,13-14H2,1-2H3,(H,26,27). The molecule has 0 unspecified atom stereocenters. The zero-order valence-corrected chi connectivity index (χ0v) is 19.2. The molecule has 0 saturated heterocycles. The molecule has 32 heavy (non-hydrogen) atoms. The molecule has 0 atom stereocenters. The average molecular weight is 457 g/mol. The summed E-state index contributed by atoms with van der Waals surface area (Å²) in [5, 5.41) is 14.2. The lowest BCUT2D eigenvalue weighted by Crippen LogP contribution is -2.28. The second kappa shape index (κ2) is 10.5. The number of nitrogens with one attached hydrogen (secondary N) is 1. The van der Waals surface area contributed by atoms with E-state index in [1.54, 1.807) is 37.2 Å². The number of hydrogen-bond donors (Lipinski definition) is 2. The number of imidazole rings is 1. The van der Waals surface area contributed by atoms with Crippen molar-refractivity contribution in [3.05, 3.63) is 48.4 Å². The predicted molar refractivity (Wildman–Crippen MR) is 126 cm³/mol. The number of pyridine rings is 1. The Morgan fingerprint density at radius 1 is 1.16 bits per heavy atom. The summed E-state index contributed by atoms with van der Waals surface area (Å²) >= 11 is 1.57. The largest absolute Gasteiger partial charge is 0.393 e. The highest BCUT2D eigenvalue weighted by molar-refractivity contribution is 7.98. The zero-order chi connectivity index (χ0) is 22.5. The Morgan fingerprint density at radius 3 is 2.59 bits per heavy atom. The van der Waals surface area contributed by atoms with Crippen LogP contribution in [0.3, 0.4) is 0 Å². The molecule has 170 valence electrons. The van der Waals surface area contributed by atoms with Crippen molar-refractivity contribution in [2.75, 3.05) is 25.3 Å². The minimum absolute atomic E-state index is 0.189. The van der Waals surface area contributed by atoms with Gasteiger partial charge >= 0.3 is 0 Å². The van der Waals surface area contributed by atoms with E-state index in [2.05, 4.69) is 14.9 Å². The summed E-state index contributed by atoms with van der Waals surface area (Å²) in [5.41, 5.74) is 3.62. The number of rotatable bonds is 8. The van der Waals surface area contributed by atoms with Gasteiger partial charge in [0, 0.05) is 37.0 Å². The predicted octanol–water partition coefficient (Wildman–Crippen LogP) is 4.83. The number of nitrogens with zero attached hydrogens (tertiary/aromatic N) is 3. The third-order valence-corrected chi connectivity index (χ3v) is 6.51. The van der Waals surface area contributed by atoms with Crippen LogP contribution < -0.4 is 5.32 Å². The summed E-state index contributed by atoms with van der Waals surface area (Å²) in [6.45, 7) is 1.21. The molecule has 3 aromatic rings. The Labute approximate surface area is 192 Å². The van der Waals surface area contributed by atoms with Gasteiger partial charge in [-0.25, -0.2) is 14.4 Å². The van der Waals surface area contributed by atoms with Crippen molar-refractivity contribution >= 4 is 17.6 Å². The molecular weight excluding hydrogens is 427 g/mol. The van der Waals surface area contributed by atoms with Crippen LogP contribution in [0.1, 0.15) is 25.7 Å². The lowest BCUT2D eigenvalue weighted by atomic mass is 9.93. The number of aliphatic hydroxyl groups excluding tert-OH is 1. The van der Waals surface area contributed by atoms with Gasteiger partial charge in [-0.1, -0.05) is 11.8 Å². The van der Waals surface area contributed by atoms with E-state index < -0.39 is 0 Å².